The van der Waals surface area contributed by atoms with Gasteiger partial charge in [0.25, 0.3) is 5.91 Å². The number of benzene rings is 4. The second-order valence-corrected chi connectivity index (χ2v) is 8.69. The highest BCUT2D eigenvalue weighted by molar-refractivity contribution is 6.04. The molecule has 0 aliphatic carbocycles. The Morgan fingerprint density at radius 2 is 1.29 bits per heavy atom. The second-order valence-electron chi connectivity index (χ2n) is 8.69. The summed E-state index contributed by atoms with van der Waals surface area (Å²) in [4.78, 5) is 17.6. The number of nitrogens with zero attached hydrogens (tertiary/aromatic N) is 2. The Labute approximate surface area is 206 Å². The number of nitrogens with one attached hydrogen (secondary N) is 1. The van der Waals surface area contributed by atoms with E-state index in [0.717, 1.165) is 49.9 Å². The average molecular weight is 464 g/mol. The van der Waals surface area contributed by atoms with Crippen molar-refractivity contribution in [2.24, 2.45) is 0 Å². The maximum atomic E-state index is 12.7. The Kier molecular flexibility index (Phi) is 7.06. The van der Waals surface area contributed by atoms with Crippen LogP contribution in [0.1, 0.15) is 15.9 Å². The first-order valence-corrected chi connectivity index (χ1v) is 12.0. The van der Waals surface area contributed by atoms with E-state index in [-0.39, 0.29) is 5.91 Å². The highest BCUT2D eigenvalue weighted by Crippen LogP contribution is 2.23. The number of ether oxygens (including phenoxy) is 1. The van der Waals surface area contributed by atoms with Gasteiger partial charge in [-0.3, -0.25) is 9.69 Å². The monoisotopic (exact) mass is 463 g/mol. The third kappa shape index (κ3) is 6.08. The number of rotatable bonds is 7. The molecule has 5 rings (SSSR count). The zero-order valence-electron chi connectivity index (χ0n) is 19.6. The largest absolute Gasteiger partial charge is 0.457 e. The SMILES string of the molecule is O=C(Nc1ccc(Oc2ccccc2)cc1)c1ccc(CN2CCN(c3ccccc3)CC2)cc1. The van der Waals surface area contributed by atoms with Crippen molar-refractivity contribution in [1.82, 2.24) is 4.90 Å². The molecule has 5 heteroatoms. The van der Waals surface area contributed by atoms with E-state index in [1.165, 1.54) is 11.3 Å². The molecule has 1 aliphatic rings. The summed E-state index contributed by atoms with van der Waals surface area (Å²) in [5.41, 5.74) is 3.89. The van der Waals surface area contributed by atoms with Gasteiger partial charge in [0, 0.05) is 49.7 Å². The van der Waals surface area contributed by atoms with Crippen LogP contribution < -0.4 is 15.0 Å². The van der Waals surface area contributed by atoms with E-state index in [9.17, 15) is 4.79 Å². The standard InChI is InChI=1S/C30H29N3O2/c34-30(31-26-15-17-29(18-16-26)35-28-9-5-2-6-10-28)25-13-11-24(12-14-25)23-32-19-21-33(22-20-32)27-7-3-1-4-8-27/h1-18H,19-23H2,(H,31,34). The lowest BCUT2D eigenvalue weighted by atomic mass is 10.1. The number of hydrogen-bond donors (Lipinski definition) is 1. The molecule has 1 saturated heterocycles. The van der Waals surface area contributed by atoms with Gasteiger partial charge in [-0.05, 0) is 66.2 Å². The minimum atomic E-state index is -0.121. The van der Waals surface area contributed by atoms with Gasteiger partial charge >= 0.3 is 0 Å². The number of carbonyl (C=O) groups is 1. The summed E-state index contributed by atoms with van der Waals surface area (Å²) in [6.07, 6.45) is 0. The molecule has 0 aromatic heterocycles. The predicted octanol–water partition coefficient (Wildman–Crippen LogP) is 6.05. The molecule has 4 aromatic carbocycles. The fraction of sp³-hybridized carbons (Fsp3) is 0.167. The molecule has 0 saturated carbocycles. The molecule has 1 amide bonds. The zero-order chi connectivity index (χ0) is 23.9. The van der Waals surface area contributed by atoms with Gasteiger partial charge in [0.1, 0.15) is 11.5 Å². The van der Waals surface area contributed by atoms with E-state index in [4.69, 9.17) is 4.74 Å². The predicted molar refractivity (Wildman–Crippen MR) is 141 cm³/mol. The molecule has 0 atom stereocenters. The molecular weight excluding hydrogens is 434 g/mol. The summed E-state index contributed by atoms with van der Waals surface area (Å²) >= 11 is 0. The van der Waals surface area contributed by atoms with Crippen molar-refractivity contribution < 1.29 is 9.53 Å². The lowest BCUT2D eigenvalue weighted by Crippen LogP contribution is -2.45. The second kappa shape index (κ2) is 10.9. The van der Waals surface area contributed by atoms with Crippen LogP contribution in [0.5, 0.6) is 11.5 Å². The average Bonchev–Trinajstić information content (AvgIpc) is 2.92. The van der Waals surface area contributed by atoms with Gasteiger partial charge in [-0.15, -0.1) is 0 Å². The summed E-state index contributed by atoms with van der Waals surface area (Å²) in [5.74, 6) is 1.38. The van der Waals surface area contributed by atoms with Crippen LogP contribution in [0.2, 0.25) is 0 Å². The normalized spacial score (nSPS) is 13.9. The van der Waals surface area contributed by atoms with E-state index in [0.29, 0.717) is 5.56 Å². The highest BCUT2D eigenvalue weighted by Gasteiger charge is 2.17. The zero-order valence-corrected chi connectivity index (χ0v) is 19.6. The quantitative estimate of drug-likeness (QED) is 0.362. The minimum Gasteiger partial charge on any atom is -0.457 e. The first kappa shape index (κ1) is 22.7. The first-order valence-electron chi connectivity index (χ1n) is 12.0. The summed E-state index contributed by atoms with van der Waals surface area (Å²) in [6, 6.07) is 35.5. The molecule has 1 aliphatic heterocycles. The Balaban J connectivity index is 1.11. The maximum Gasteiger partial charge on any atom is 0.255 e. The maximum absolute atomic E-state index is 12.7. The van der Waals surface area contributed by atoms with E-state index in [1.807, 2.05) is 66.7 Å². The fourth-order valence-electron chi connectivity index (χ4n) is 4.26. The number of amides is 1. The van der Waals surface area contributed by atoms with Gasteiger partial charge in [-0.25, -0.2) is 0 Å². The molecule has 0 spiro atoms. The van der Waals surface area contributed by atoms with Crippen molar-refractivity contribution in [2.45, 2.75) is 6.54 Å². The number of para-hydroxylation sites is 2. The molecule has 0 bridgehead atoms. The molecule has 1 fully saturated rings. The van der Waals surface area contributed by atoms with Gasteiger partial charge in [-0.1, -0.05) is 48.5 Å². The van der Waals surface area contributed by atoms with Crippen molar-refractivity contribution >= 4 is 17.3 Å². The molecule has 5 nitrogen and oxygen atoms in total. The molecule has 35 heavy (non-hydrogen) atoms. The lowest BCUT2D eigenvalue weighted by molar-refractivity contribution is 0.102. The van der Waals surface area contributed by atoms with Crippen LogP contribution in [0.25, 0.3) is 0 Å². The van der Waals surface area contributed by atoms with Gasteiger partial charge in [0.2, 0.25) is 0 Å². The van der Waals surface area contributed by atoms with Crippen LogP contribution in [0, 0.1) is 0 Å². The number of piperazine rings is 1. The van der Waals surface area contributed by atoms with E-state index < -0.39 is 0 Å². The number of hydrogen-bond acceptors (Lipinski definition) is 4. The van der Waals surface area contributed by atoms with Crippen molar-refractivity contribution in [2.75, 3.05) is 36.4 Å². The molecule has 0 radical (unpaired) electrons. The third-order valence-electron chi connectivity index (χ3n) is 6.21. The van der Waals surface area contributed by atoms with Crippen molar-refractivity contribution in [3.8, 4) is 11.5 Å². The van der Waals surface area contributed by atoms with E-state index in [2.05, 4.69) is 57.6 Å². The molecule has 176 valence electrons. The van der Waals surface area contributed by atoms with Gasteiger partial charge in [0.15, 0.2) is 0 Å². The highest BCUT2D eigenvalue weighted by atomic mass is 16.5. The fourth-order valence-corrected chi connectivity index (χ4v) is 4.26. The molecule has 1 heterocycles. The lowest BCUT2D eigenvalue weighted by Gasteiger charge is -2.36. The first-order chi connectivity index (χ1) is 17.2. The van der Waals surface area contributed by atoms with Crippen molar-refractivity contribution in [3.05, 3.63) is 120 Å². The molecule has 4 aromatic rings. The Morgan fingerprint density at radius 1 is 0.686 bits per heavy atom. The van der Waals surface area contributed by atoms with Gasteiger partial charge in [-0.2, -0.15) is 0 Å². The summed E-state index contributed by atoms with van der Waals surface area (Å²) in [5, 5.41) is 2.96. The van der Waals surface area contributed by atoms with Gasteiger partial charge < -0.3 is 15.0 Å². The molecule has 1 N–H and O–H groups in total. The summed E-state index contributed by atoms with van der Waals surface area (Å²) in [6.45, 7) is 5.01. The Bertz CT molecular complexity index is 1220. The van der Waals surface area contributed by atoms with E-state index in [1.54, 1.807) is 0 Å². The topological polar surface area (TPSA) is 44.8 Å². The summed E-state index contributed by atoms with van der Waals surface area (Å²) < 4.78 is 5.81. The number of carbonyl (C=O) groups excluding carboxylic acids is 1. The Hall–Kier alpha value is -4.09. The summed E-state index contributed by atoms with van der Waals surface area (Å²) in [7, 11) is 0. The van der Waals surface area contributed by atoms with Crippen molar-refractivity contribution in [3.63, 3.8) is 0 Å². The van der Waals surface area contributed by atoms with Crippen molar-refractivity contribution in [1.29, 1.82) is 0 Å². The Morgan fingerprint density at radius 3 is 1.94 bits per heavy atom. The van der Waals surface area contributed by atoms with Crippen LogP contribution in [0.3, 0.4) is 0 Å². The van der Waals surface area contributed by atoms with Crippen LogP contribution in [-0.4, -0.2) is 37.0 Å². The molecule has 0 unspecified atom stereocenters. The smallest absolute Gasteiger partial charge is 0.255 e. The third-order valence-corrected chi connectivity index (χ3v) is 6.21. The van der Waals surface area contributed by atoms with Gasteiger partial charge in [0.05, 0.1) is 0 Å². The number of anilines is 2. The van der Waals surface area contributed by atoms with E-state index >= 15 is 0 Å². The van der Waals surface area contributed by atoms with Crippen LogP contribution >= 0.6 is 0 Å². The molecular formula is C30H29N3O2. The van der Waals surface area contributed by atoms with Crippen LogP contribution in [0.15, 0.2) is 109 Å². The van der Waals surface area contributed by atoms with Crippen LogP contribution in [0.4, 0.5) is 11.4 Å². The minimum absolute atomic E-state index is 0.121. The van der Waals surface area contributed by atoms with Crippen LogP contribution in [-0.2, 0) is 6.54 Å².